The second-order valence-corrected chi connectivity index (χ2v) is 16.3. The predicted octanol–water partition coefficient (Wildman–Crippen LogP) is 12.6. The molecule has 0 spiro atoms. The molecule has 0 aliphatic rings. The molecule has 0 aliphatic carbocycles. The molecule has 0 saturated carbocycles. The molecule has 0 atom stereocenters. The van der Waals surface area contributed by atoms with Crippen molar-refractivity contribution in [2.75, 3.05) is 6.73 Å². The number of halogens is 24. The number of aromatic nitrogens is 1. The Hall–Kier alpha value is -7.50. The molecule has 5 aromatic carbocycles. The first-order chi connectivity index (χ1) is 34.9. The number of esters is 1. The van der Waals surface area contributed by atoms with Gasteiger partial charge in [0.1, 0.15) is 6.15 Å². The number of nitro groups is 1. The Morgan fingerprint density at radius 2 is 0.675 bits per heavy atom. The average molecular weight is 1140 g/mol. The maximum Gasteiger partial charge on any atom is 0.416 e. The summed E-state index contributed by atoms with van der Waals surface area (Å²) in [6.45, 7) is -0.344. The van der Waals surface area contributed by atoms with Gasteiger partial charge in [-0.1, -0.05) is 78.9 Å². The summed E-state index contributed by atoms with van der Waals surface area (Å²) in [5.41, 5.74) is -28.9. The maximum atomic E-state index is 14.2. The number of nitrogens with zero attached hydrogens (tertiary/aromatic N) is 2. The average Bonchev–Trinajstić information content (AvgIpc) is 3.29. The molecule has 0 bridgehead atoms. The van der Waals surface area contributed by atoms with Gasteiger partial charge in [-0.3, -0.25) is 10.1 Å². The monoisotopic (exact) mass is 1140 g/mol. The van der Waals surface area contributed by atoms with E-state index in [1.54, 1.807) is 29.0 Å². The van der Waals surface area contributed by atoms with Crippen molar-refractivity contribution in [1.82, 2.24) is 0 Å². The van der Waals surface area contributed by atoms with Gasteiger partial charge in [0.05, 0.1) is 49.4 Å². The third kappa shape index (κ3) is 14.5. The van der Waals surface area contributed by atoms with Gasteiger partial charge in [0.15, 0.2) is 12.7 Å². The van der Waals surface area contributed by atoms with Crippen LogP contribution in [0.3, 0.4) is 0 Å². The number of hydrogen-bond acceptors (Lipinski definition) is 4. The van der Waals surface area contributed by atoms with Gasteiger partial charge in [-0.05, 0) is 30.3 Å². The fraction of sp³-hybridized carbons (Fsp3) is 0.217. The van der Waals surface area contributed by atoms with E-state index in [1.807, 2.05) is 30.3 Å². The number of hydrogen-bond donors (Lipinski definition) is 0. The standard InChI is InChI=1S/C32H12BF24.C14H13N2O4/c34-25(35,36)13-1-14(26(37,38)39)6-21(5-13)33(22-7-15(27(40,41)42)2-16(8-22)28(43,44)45,23-9-17(29(46,47)48)3-18(10-23)30(49,50)51)24-11-19(31(52,53)54)4-20(12-24)32(55,56)57;17-14(20-11-16(18)19)13-8-4-5-9-15(13)10-12-6-2-1-3-7-12/h1-12H;1-9H,10-11H2/q-1;+1. The number of carbonyl (C=O) groups is 1. The van der Waals surface area contributed by atoms with Crippen LogP contribution < -0.4 is 26.4 Å². The minimum absolute atomic E-state index is 0.276. The van der Waals surface area contributed by atoms with E-state index >= 15 is 0 Å². The summed E-state index contributed by atoms with van der Waals surface area (Å²) in [6, 6.07) is 5.83. The summed E-state index contributed by atoms with van der Waals surface area (Å²) in [7, 11) is 0. The number of pyridine rings is 1. The molecule has 0 N–H and O–H groups in total. The molecule has 6 nitrogen and oxygen atoms in total. The van der Waals surface area contributed by atoms with Crippen LogP contribution in [0.5, 0.6) is 0 Å². The number of carbonyl (C=O) groups excluding carboxylic acids is 1. The Kier molecular flexibility index (Phi) is 16.6. The van der Waals surface area contributed by atoms with Crippen LogP contribution in [0.2, 0.25) is 0 Å². The number of benzene rings is 5. The first kappa shape index (κ1) is 60.4. The highest BCUT2D eigenvalue weighted by Gasteiger charge is 2.47. The fourth-order valence-electron chi connectivity index (χ4n) is 7.84. The van der Waals surface area contributed by atoms with Gasteiger partial charge in [0, 0.05) is 17.7 Å². The highest BCUT2D eigenvalue weighted by atomic mass is 19.4. The van der Waals surface area contributed by atoms with Gasteiger partial charge in [-0.15, -0.1) is 0 Å². The normalized spacial score (nSPS) is 13.2. The van der Waals surface area contributed by atoms with E-state index in [2.05, 4.69) is 4.74 Å². The molecule has 77 heavy (non-hydrogen) atoms. The Morgan fingerprint density at radius 1 is 0.416 bits per heavy atom. The zero-order valence-corrected chi connectivity index (χ0v) is 37.2. The van der Waals surface area contributed by atoms with Gasteiger partial charge in [0.2, 0.25) is 0 Å². The Balaban J connectivity index is 0.000000455. The third-order valence-electron chi connectivity index (χ3n) is 11.1. The molecule has 1 aromatic heterocycles. The molecule has 0 radical (unpaired) electrons. The molecule has 0 amide bonds. The maximum absolute atomic E-state index is 14.2. The summed E-state index contributed by atoms with van der Waals surface area (Å²) in [4.78, 5) is 21.4. The van der Waals surface area contributed by atoms with Crippen molar-refractivity contribution >= 4 is 34.0 Å². The van der Waals surface area contributed by atoms with Crippen LogP contribution in [-0.4, -0.2) is 23.8 Å². The molecular formula is C46H25BF24N2O4. The van der Waals surface area contributed by atoms with Crippen molar-refractivity contribution in [3.05, 3.63) is 193 Å². The minimum atomic E-state index is -6.13. The highest BCUT2D eigenvalue weighted by Crippen LogP contribution is 2.41. The molecule has 6 aromatic rings. The number of rotatable bonds is 9. The molecule has 414 valence electrons. The van der Waals surface area contributed by atoms with Gasteiger partial charge < -0.3 is 4.74 Å². The molecule has 6 rings (SSSR count). The molecule has 0 aliphatic heterocycles. The molecule has 0 fully saturated rings. The van der Waals surface area contributed by atoms with E-state index in [0.29, 0.717) is 6.54 Å². The first-order valence-electron chi connectivity index (χ1n) is 20.6. The summed E-state index contributed by atoms with van der Waals surface area (Å²) in [5, 5.41) is 10.2. The SMILES string of the molecule is FC(F)(F)c1cc([B-](c2cc(C(F)(F)F)cc(C(F)(F)F)c2)(c2cc(C(F)(F)F)cc(C(F)(F)F)c2)c2cc(C(F)(F)F)cc(C(F)(F)F)c2)cc(C(F)(F)F)c1.O=C(OC[N+](=O)[O-])c1cccc[n+]1Cc1ccccc1. The van der Waals surface area contributed by atoms with Crippen molar-refractivity contribution in [2.45, 2.75) is 56.0 Å². The zero-order chi connectivity index (χ0) is 58.3. The lowest BCUT2D eigenvalue weighted by atomic mass is 9.12. The lowest BCUT2D eigenvalue weighted by Crippen LogP contribution is -2.75. The van der Waals surface area contributed by atoms with Crippen molar-refractivity contribution in [1.29, 1.82) is 0 Å². The molecule has 1 heterocycles. The van der Waals surface area contributed by atoms with Crippen molar-refractivity contribution in [2.24, 2.45) is 0 Å². The van der Waals surface area contributed by atoms with Crippen molar-refractivity contribution in [3.63, 3.8) is 0 Å². The second kappa shape index (κ2) is 21.1. The minimum Gasteiger partial charge on any atom is -0.392 e. The van der Waals surface area contributed by atoms with Crippen LogP contribution in [0.1, 0.15) is 60.6 Å². The van der Waals surface area contributed by atoms with E-state index in [1.165, 1.54) is 0 Å². The number of alkyl halides is 24. The second-order valence-electron chi connectivity index (χ2n) is 16.3. The Morgan fingerprint density at radius 3 is 0.922 bits per heavy atom. The van der Waals surface area contributed by atoms with Crippen LogP contribution in [0.15, 0.2) is 128 Å². The summed E-state index contributed by atoms with van der Waals surface area (Å²) in [6.07, 6.45) is -53.1. The number of ether oxygens (including phenoxy) is 1. The van der Waals surface area contributed by atoms with Gasteiger partial charge in [0.25, 0.3) is 5.69 Å². The van der Waals surface area contributed by atoms with Crippen LogP contribution in [0.4, 0.5) is 105 Å². The largest absolute Gasteiger partial charge is 0.416 e. The molecular weight excluding hydrogens is 1110 g/mol. The summed E-state index contributed by atoms with van der Waals surface area (Å²) < 4.78 is 347. The van der Waals surface area contributed by atoms with E-state index in [-0.39, 0.29) is 5.69 Å². The summed E-state index contributed by atoms with van der Waals surface area (Å²) >= 11 is 0. The van der Waals surface area contributed by atoms with E-state index in [0.717, 1.165) is 5.56 Å². The fourth-order valence-corrected chi connectivity index (χ4v) is 7.84. The summed E-state index contributed by atoms with van der Waals surface area (Å²) in [5.74, 6) is -0.710. The smallest absolute Gasteiger partial charge is 0.392 e. The van der Waals surface area contributed by atoms with Gasteiger partial charge >= 0.3 is 62.1 Å². The Bertz CT molecular complexity index is 2680. The zero-order valence-electron chi connectivity index (χ0n) is 37.2. The molecule has 0 unspecified atom stereocenters. The molecule has 31 heteroatoms. The van der Waals surface area contributed by atoms with Crippen molar-refractivity contribution < 1.29 is 124 Å². The molecule has 0 saturated heterocycles. The lowest BCUT2D eigenvalue weighted by molar-refractivity contribution is -0.691. The van der Waals surface area contributed by atoms with E-state index in [9.17, 15) is 120 Å². The van der Waals surface area contributed by atoms with Crippen molar-refractivity contribution in [3.8, 4) is 0 Å². The quantitative estimate of drug-likeness (QED) is 0.0275. The van der Waals surface area contributed by atoms with Crippen LogP contribution >= 0.6 is 0 Å². The Labute approximate surface area is 414 Å². The predicted molar refractivity (Wildman–Crippen MR) is 220 cm³/mol. The van der Waals surface area contributed by atoms with Gasteiger partial charge in [-0.25, -0.2) is 4.79 Å². The van der Waals surface area contributed by atoms with Crippen LogP contribution in [0, 0.1) is 10.1 Å². The topological polar surface area (TPSA) is 73.3 Å². The highest BCUT2D eigenvalue weighted by molar-refractivity contribution is 7.20. The van der Waals surface area contributed by atoms with Crippen LogP contribution in [-0.2, 0) is 60.7 Å². The lowest BCUT2D eigenvalue weighted by Gasteiger charge is -2.46. The third-order valence-corrected chi connectivity index (χ3v) is 11.1. The van der Waals surface area contributed by atoms with Gasteiger partial charge in [-0.2, -0.15) is 132 Å². The van der Waals surface area contributed by atoms with Crippen LogP contribution in [0.25, 0.3) is 0 Å². The first-order valence-corrected chi connectivity index (χ1v) is 20.6. The van der Waals surface area contributed by atoms with E-state index in [4.69, 9.17) is 0 Å². The van der Waals surface area contributed by atoms with E-state index < -0.39 is 212 Å².